The highest BCUT2D eigenvalue weighted by atomic mass is 16.5. The number of rotatable bonds is 14. The van der Waals surface area contributed by atoms with Crippen molar-refractivity contribution < 1.29 is 58.9 Å². The van der Waals surface area contributed by atoms with Crippen LogP contribution in [0.4, 0.5) is 4.79 Å². The number of benzene rings is 3. The Morgan fingerprint density at radius 3 is 1.92 bits per heavy atom. The summed E-state index contributed by atoms with van der Waals surface area (Å²) in [5.41, 5.74) is 1.77. The number of esters is 1. The summed E-state index contributed by atoms with van der Waals surface area (Å²) in [4.78, 5) is 45.2. The Kier molecular flexibility index (Phi) is 17.2. The largest absolute Gasteiger partial charge is 0.485 e. The second kappa shape index (κ2) is 21.0. The molecule has 3 aromatic carbocycles. The summed E-state index contributed by atoms with van der Waals surface area (Å²) in [6.07, 6.45) is -0.944. The Balaban J connectivity index is 0.00000114. The Labute approximate surface area is 290 Å². The van der Waals surface area contributed by atoms with Crippen molar-refractivity contribution in [3.05, 3.63) is 95.6 Å². The number of carbonyl (C=O) groups is 4. The fourth-order valence-electron chi connectivity index (χ4n) is 4.28. The molecule has 1 aliphatic heterocycles. The number of hydrogen-bond donors (Lipinski definition) is 5. The maximum atomic E-state index is 12.9. The van der Waals surface area contributed by atoms with Crippen LogP contribution in [0.1, 0.15) is 35.3 Å². The first-order valence-corrected chi connectivity index (χ1v) is 15.6. The van der Waals surface area contributed by atoms with Gasteiger partial charge in [-0.05, 0) is 43.2 Å². The second-order valence-corrected chi connectivity index (χ2v) is 11.6. The lowest BCUT2D eigenvalue weighted by Gasteiger charge is -2.31. The maximum Gasteiger partial charge on any atom is 0.414 e. The van der Waals surface area contributed by atoms with Gasteiger partial charge in [0, 0.05) is 31.7 Å². The number of amides is 2. The molecule has 1 fully saturated rings. The number of urea groups is 1. The Morgan fingerprint density at radius 2 is 1.38 bits per heavy atom. The highest BCUT2D eigenvalue weighted by molar-refractivity contribution is 6.27. The van der Waals surface area contributed by atoms with Gasteiger partial charge in [0.1, 0.15) is 25.9 Å². The number of hydrogen-bond acceptors (Lipinski definition) is 10. The van der Waals surface area contributed by atoms with E-state index in [2.05, 4.69) is 10.6 Å². The molecule has 272 valence electrons. The number of carbonyl (C=O) groups excluding carboxylic acids is 2. The molecule has 0 aliphatic carbocycles. The average molecular weight is 700 g/mol. The monoisotopic (exact) mass is 699 g/mol. The summed E-state index contributed by atoms with van der Waals surface area (Å²) in [5.74, 6) is -3.32. The SMILES string of the molecule is CC(C)(CNC(=O)N1CCOCC1)NCC(O)COC(=O)c1ccc(OCc2ccccc2)c(OCc2ccccc2)c1.O.O=C(O)C(=O)O. The van der Waals surface area contributed by atoms with Crippen LogP contribution in [0.5, 0.6) is 11.5 Å². The molecule has 3 aromatic rings. The Bertz CT molecular complexity index is 1490. The zero-order valence-electron chi connectivity index (χ0n) is 28.0. The lowest BCUT2D eigenvalue weighted by molar-refractivity contribution is -0.159. The summed E-state index contributed by atoms with van der Waals surface area (Å²) >= 11 is 0. The molecular formula is C35H45N3O12. The number of aliphatic hydroxyl groups is 1. The molecule has 7 N–H and O–H groups in total. The number of nitrogens with one attached hydrogen (secondary N) is 2. The topological polar surface area (TPSA) is 225 Å². The van der Waals surface area contributed by atoms with E-state index in [-0.39, 0.29) is 30.2 Å². The molecule has 15 nitrogen and oxygen atoms in total. The van der Waals surface area contributed by atoms with Crippen molar-refractivity contribution in [1.82, 2.24) is 15.5 Å². The van der Waals surface area contributed by atoms with Crippen LogP contribution in [0.2, 0.25) is 0 Å². The molecule has 0 saturated carbocycles. The fourth-order valence-corrected chi connectivity index (χ4v) is 4.28. The number of nitrogens with zero attached hydrogens (tertiary/aromatic N) is 1. The van der Waals surface area contributed by atoms with Crippen LogP contribution in [0.25, 0.3) is 0 Å². The summed E-state index contributed by atoms with van der Waals surface area (Å²) in [6.45, 7) is 7.02. The number of aliphatic carboxylic acids is 2. The van der Waals surface area contributed by atoms with Crippen molar-refractivity contribution in [2.24, 2.45) is 0 Å². The molecule has 15 heteroatoms. The minimum Gasteiger partial charge on any atom is -0.485 e. The third kappa shape index (κ3) is 14.9. The first-order chi connectivity index (χ1) is 23.4. The Morgan fingerprint density at radius 1 is 0.840 bits per heavy atom. The standard InChI is InChI=1S/C33H41N3O7.C2H2O4.H2O/c1-33(2,24-34-32(39)36-15-17-40-18-16-36)35-20-28(37)23-43-31(38)27-13-14-29(41-21-25-9-5-3-6-10-25)30(19-27)42-22-26-11-7-4-8-12-26;3-1(4)2(5)6;/h3-14,19,28,35,37H,15-18,20-24H2,1-2H3,(H,34,39);(H,3,4)(H,5,6);1H2. The van der Waals surface area contributed by atoms with Crippen LogP contribution in [-0.2, 0) is 32.3 Å². The number of aliphatic hydroxyl groups excluding tert-OH is 1. The molecule has 1 heterocycles. The quantitative estimate of drug-likeness (QED) is 0.121. The summed E-state index contributed by atoms with van der Waals surface area (Å²) in [6, 6.07) is 24.2. The van der Waals surface area contributed by atoms with Crippen molar-refractivity contribution in [1.29, 1.82) is 0 Å². The van der Waals surface area contributed by atoms with Gasteiger partial charge in [0.25, 0.3) is 0 Å². The lowest BCUT2D eigenvalue weighted by atomic mass is 10.1. The maximum absolute atomic E-state index is 12.9. The van der Waals surface area contributed by atoms with Gasteiger partial charge in [-0.2, -0.15) is 0 Å². The number of carboxylic acids is 2. The highest BCUT2D eigenvalue weighted by Crippen LogP contribution is 2.30. The molecule has 0 bridgehead atoms. The van der Waals surface area contributed by atoms with Crippen LogP contribution in [0.15, 0.2) is 78.9 Å². The van der Waals surface area contributed by atoms with Gasteiger partial charge in [0.05, 0.1) is 18.8 Å². The molecule has 0 radical (unpaired) electrons. The van der Waals surface area contributed by atoms with Crippen LogP contribution >= 0.6 is 0 Å². The van der Waals surface area contributed by atoms with E-state index in [0.29, 0.717) is 57.6 Å². The van der Waals surface area contributed by atoms with Crippen LogP contribution in [0, 0.1) is 0 Å². The number of morpholine rings is 1. The van der Waals surface area contributed by atoms with Gasteiger partial charge in [-0.15, -0.1) is 0 Å². The summed E-state index contributed by atoms with van der Waals surface area (Å²) in [7, 11) is 0. The van der Waals surface area contributed by atoms with Crippen LogP contribution < -0.4 is 20.1 Å². The first-order valence-electron chi connectivity index (χ1n) is 15.6. The number of ether oxygens (including phenoxy) is 4. The molecule has 1 unspecified atom stereocenters. The smallest absolute Gasteiger partial charge is 0.414 e. The number of carboxylic acid groups (broad SMARTS) is 2. The molecule has 1 atom stereocenters. The van der Waals surface area contributed by atoms with E-state index in [1.807, 2.05) is 74.5 Å². The van der Waals surface area contributed by atoms with E-state index in [1.54, 1.807) is 23.1 Å². The van der Waals surface area contributed by atoms with E-state index in [4.69, 9.17) is 38.7 Å². The van der Waals surface area contributed by atoms with Crippen molar-refractivity contribution in [2.75, 3.05) is 46.0 Å². The minimum atomic E-state index is -1.82. The normalized spacial score (nSPS) is 13.0. The van der Waals surface area contributed by atoms with Crippen molar-refractivity contribution in [3.8, 4) is 11.5 Å². The fraction of sp³-hybridized carbons (Fsp3) is 0.371. The average Bonchev–Trinajstić information content (AvgIpc) is 3.12. The summed E-state index contributed by atoms with van der Waals surface area (Å²) < 4.78 is 22.8. The third-order valence-electron chi connectivity index (χ3n) is 7.04. The van der Waals surface area contributed by atoms with Gasteiger partial charge < -0.3 is 55.3 Å². The van der Waals surface area contributed by atoms with E-state index in [0.717, 1.165) is 11.1 Å². The van der Waals surface area contributed by atoms with Crippen LogP contribution in [0.3, 0.4) is 0 Å². The molecule has 1 saturated heterocycles. The van der Waals surface area contributed by atoms with Gasteiger partial charge in [0.15, 0.2) is 11.5 Å². The molecule has 0 spiro atoms. The van der Waals surface area contributed by atoms with Crippen molar-refractivity contribution in [3.63, 3.8) is 0 Å². The predicted molar refractivity (Wildman–Crippen MR) is 181 cm³/mol. The van der Waals surface area contributed by atoms with Crippen LogP contribution in [-0.4, -0.2) is 107 Å². The third-order valence-corrected chi connectivity index (χ3v) is 7.04. The second-order valence-electron chi connectivity index (χ2n) is 11.6. The Hall–Kier alpha value is -5.22. The zero-order valence-corrected chi connectivity index (χ0v) is 28.0. The predicted octanol–water partition coefficient (Wildman–Crippen LogP) is 2.10. The lowest BCUT2D eigenvalue weighted by Crippen LogP contribution is -2.54. The van der Waals surface area contributed by atoms with Gasteiger partial charge in [-0.1, -0.05) is 60.7 Å². The molecule has 50 heavy (non-hydrogen) atoms. The number of β-amino-alcohol motifs (C(OH)–C–C–N with tert-alkyl or cyclic N) is 1. The van der Waals surface area contributed by atoms with E-state index in [1.165, 1.54) is 0 Å². The minimum absolute atomic E-state index is 0. The van der Waals surface area contributed by atoms with Crippen molar-refractivity contribution in [2.45, 2.75) is 38.7 Å². The molecule has 1 aliphatic rings. The molecule has 0 aromatic heterocycles. The zero-order chi connectivity index (χ0) is 35.6. The van der Waals surface area contributed by atoms with E-state index >= 15 is 0 Å². The molecule has 4 rings (SSSR count). The van der Waals surface area contributed by atoms with E-state index < -0.39 is 29.6 Å². The van der Waals surface area contributed by atoms with Gasteiger partial charge in [0.2, 0.25) is 0 Å². The van der Waals surface area contributed by atoms with Gasteiger partial charge >= 0.3 is 23.9 Å². The van der Waals surface area contributed by atoms with Gasteiger partial charge in [-0.3, -0.25) is 0 Å². The van der Waals surface area contributed by atoms with E-state index in [9.17, 15) is 14.7 Å². The molecular weight excluding hydrogens is 654 g/mol. The summed E-state index contributed by atoms with van der Waals surface area (Å²) in [5, 5.41) is 31.4. The highest BCUT2D eigenvalue weighted by Gasteiger charge is 2.23. The van der Waals surface area contributed by atoms with Crippen molar-refractivity contribution >= 4 is 23.9 Å². The van der Waals surface area contributed by atoms with Gasteiger partial charge in [-0.25, -0.2) is 19.2 Å². The molecule has 2 amide bonds. The first kappa shape index (κ1) is 41.0.